The van der Waals surface area contributed by atoms with Gasteiger partial charge in [-0.25, -0.2) is 0 Å². The molecule has 0 spiro atoms. The van der Waals surface area contributed by atoms with E-state index in [9.17, 15) is 9.59 Å². The molecule has 0 aromatic heterocycles. The van der Waals surface area contributed by atoms with Gasteiger partial charge in [-0.05, 0) is 30.4 Å². The molecule has 1 saturated heterocycles. The largest absolute Gasteiger partial charge is 0.358 e. The fourth-order valence-electron chi connectivity index (χ4n) is 3.74. The lowest BCUT2D eigenvalue weighted by molar-refractivity contribution is -0.131. The van der Waals surface area contributed by atoms with Gasteiger partial charge in [0, 0.05) is 20.1 Å². The molecule has 0 bridgehead atoms. The number of hydrogen-bond donors (Lipinski definition) is 2. The van der Waals surface area contributed by atoms with Crippen molar-refractivity contribution in [1.82, 2.24) is 15.5 Å². The fraction of sp³-hybridized carbons (Fsp3) is 0.364. The second kappa shape index (κ2) is 9.33. The molecule has 27 heavy (non-hydrogen) atoms. The molecule has 2 N–H and O–H groups in total. The van der Waals surface area contributed by atoms with Gasteiger partial charge in [0.25, 0.3) is 0 Å². The number of nitrogens with zero attached hydrogens (tertiary/aromatic N) is 1. The van der Waals surface area contributed by atoms with Gasteiger partial charge in [0.15, 0.2) is 0 Å². The van der Waals surface area contributed by atoms with Crippen LogP contribution in [0, 0.1) is 0 Å². The molecular weight excluding hydrogens is 338 g/mol. The van der Waals surface area contributed by atoms with Crippen LogP contribution in [0.3, 0.4) is 0 Å². The molecule has 1 aliphatic heterocycles. The standard InChI is InChI=1S/C22H27N3O2/c1-23-22(27)20(18-11-6-3-7-12-18)25-16-8-13-19(25)21(26)24-15-14-17-9-4-2-5-10-17/h2-7,9-12,19-20H,8,13-16H2,1H3,(H,23,27)(H,24,26)/t19-,20+/m0/s1. The minimum Gasteiger partial charge on any atom is -0.358 e. The van der Waals surface area contributed by atoms with E-state index in [1.54, 1.807) is 7.05 Å². The molecule has 142 valence electrons. The van der Waals surface area contributed by atoms with Crippen LogP contribution in [-0.2, 0) is 16.0 Å². The zero-order chi connectivity index (χ0) is 19.1. The number of nitrogens with one attached hydrogen (secondary N) is 2. The van der Waals surface area contributed by atoms with Crippen molar-refractivity contribution < 1.29 is 9.59 Å². The van der Waals surface area contributed by atoms with Crippen LogP contribution >= 0.6 is 0 Å². The Balaban J connectivity index is 1.67. The van der Waals surface area contributed by atoms with Crippen molar-refractivity contribution in [3.63, 3.8) is 0 Å². The van der Waals surface area contributed by atoms with E-state index in [-0.39, 0.29) is 17.9 Å². The summed E-state index contributed by atoms with van der Waals surface area (Å²) in [5, 5.41) is 5.81. The zero-order valence-corrected chi connectivity index (χ0v) is 15.7. The number of amides is 2. The van der Waals surface area contributed by atoms with E-state index in [2.05, 4.69) is 22.8 Å². The molecule has 1 aliphatic rings. The van der Waals surface area contributed by atoms with E-state index >= 15 is 0 Å². The highest BCUT2D eigenvalue weighted by molar-refractivity contribution is 5.86. The highest BCUT2D eigenvalue weighted by atomic mass is 16.2. The molecule has 1 heterocycles. The Hall–Kier alpha value is -2.66. The molecular formula is C22H27N3O2. The first-order chi connectivity index (χ1) is 13.2. The SMILES string of the molecule is CNC(=O)[C@@H](c1ccccc1)N1CCC[C@H]1C(=O)NCCc1ccccc1. The highest BCUT2D eigenvalue weighted by Gasteiger charge is 2.38. The number of carbonyl (C=O) groups excluding carboxylic acids is 2. The van der Waals surface area contributed by atoms with Gasteiger partial charge in [0.05, 0.1) is 6.04 Å². The fourth-order valence-corrected chi connectivity index (χ4v) is 3.74. The average molecular weight is 365 g/mol. The third-order valence-electron chi connectivity index (χ3n) is 5.09. The third kappa shape index (κ3) is 4.74. The van der Waals surface area contributed by atoms with Crippen LogP contribution in [0.5, 0.6) is 0 Å². The van der Waals surface area contributed by atoms with Crippen molar-refractivity contribution >= 4 is 11.8 Å². The minimum absolute atomic E-state index is 0.00765. The van der Waals surface area contributed by atoms with Gasteiger partial charge >= 0.3 is 0 Å². The van der Waals surface area contributed by atoms with E-state index in [0.29, 0.717) is 6.54 Å². The summed E-state index contributed by atoms with van der Waals surface area (Å²) in [6.07, 6.45) is 2.49. The number of rotatable bonds is 7. The topological polar surface area (TPSA) is 61.4 Å². The van der Waals surface area contributed by atoms with Gasteiger partial charge in [-0.15, -0.1) is 0 Å². The summed E-state index contributed by atoms with van der Waals surface area (Å²) >= 11 is 0. The van der Waals surface area contributed by atoms with Crippen LogP contribution < -0.4 is 10.6 Å². The van der Waals surface area contributed by atoms with Crippen molar-refractivity contribution in [1.29, 1.82) is 0 Å². The molecule has 0 saturated carbocycles. The Morgan fingerprint density at radius 3 is 2.41 bits per heavy atom. The van der Waals surface area contributed by atoms with E-state index < -0.39 is 6.04 Å². The van der Waals surface area contributed by atoms with Crippen LogP contribution in [0.25, 0.3) is 0 Å². The summed E-state index contributed by atoms with van der Waals surface area (Å²) in [6, 6.07) is 19.1. The second-order valence-electron chi connectivity index (χ2n) is 6.85. The molecule has 5 nitrogen and oxygen atoms in total. The third-order valence-corrected chi connectivity index (χ3v) is 5.09. The molecule has 2 amide bonds. The van der Waals surface area contributed by atoms with Gasteiger partial charge in [-0.2, -0.15) is 0 Å². The van der Waals surface area contributed by atoms with Crippen LogP contribution in [0.2, 0.25) is 0 Å². The predicted octanol–water partition coefficient (Wildman–Crippen LogP) is 2.30. The molecule has 2 aromatic rings. The molecule has 0 aliphatic carbocycles. The number of likely N-dealkylation sites (tertiary alicyclic amines) is 1. The summed E-state index contributed by atoms with van der Waals surface area (Å²) in [4.78, 5) is 27.4. The van der Waals surface area contributed by atoms with Crippen LogP contribution in [0.1, 0.15) is 30.0 Å². The number of benzene rings is 2. The Kier molecular flexibility index (Phi) is 6.60. The Labute approximate surface area is 160 Å². The van der Waals surface area contributed by atoms with Gasteiger partial charge in [0.2, 0.25) is 11.8 Å². The predicted molar refractivity (Wildman–Crippen MR) is 106 cm³/mol. The first-order valence-corrected chi connectivity index (χ1v) is 9.54. The summed E-state index contributed by atoms with van der Waals surface area (Å²) in [5.74, 6) is -0.0709. The van der Waals surface area contributed by atoms with Gasteiger partial charge < -0.3 is 10.6 Å². The highest BCUT2D eigenvalue weighted by Crippen LogP contribution is 2.29. The smallest absolute Gasteiger partial charge is 0.241 e. The maximum atomic E-state index is 12.8. The Bertz CT molecular complexity index is 749. The summed E-state index contributed by atoms with van der Waals surface area (Å²) in [7, 11) is 1.64. The van der Waals surface area contributed by atoms with E-state index in [4.69, 9.17) is 0 Å². The van der Waals surface area contributed by atoms with Crippen molar-refractivity contribution in [2.45, 2.75) is 31.3 Å². The van der Waals surface area contributed by atoms with Crippen molar-refractivity contribution in [3.05, 3.63) is 71.8 Å². The van der Waals surface area contributed by atoms with Crippen molar-refractivity contribution in [3.8, 4) is 0 Å². The quantitative estimate of drug-likeness (QED) is 0.791. The maximum Gasteiger partial charge on any atom is 0.241 e. The van der Waals surface area contributed by atoms with Gasteiger partial charge in [0.1, 0.15) is 6.04 Å². The van der Waals surface area contributed by atoms with Gasteiger partial charge in [-0.1, -0.05) is 60.7 Å². The molecule has 1 fully saturated rings. The van der Waals surface area contributed by atoms with E-state index in [1.165, 1.54) is 5.56 Å². The van der Waals surface area contributed by atoms with Crippen LogP contribution in [0.15, 0.2) is 60.7 Å². The lowest BCUT2D eigenvalue weighted by Crippen LogP contribution is -2.48. The second-order valence-corrected chi connectivity index (χ2v) is 6.85. The molecule has 0 unspecified atom stereocenters. The first kappa shape index (κ1) is 19.1. The Morgan fingerprint density at radius 2 is 1.74 bits per heavy atom. The Morgan fingerprint density at radius 1 is 1.07 bits per heavy atom. The number of hydrogen-bond acceptors (Lipinski definition) is 3. The molecule has 0 radical (unpaired) electrons. The van der Waals surface area contributed by atoms with E-state index in [0.717, 1.165) is 31.4 Å². The minimum atomic E-state index is -0.441. The maximum absolute atomic E-state index is 12.8. The lowest BCUT2D eigenvalue weighted by Gasteiger charge is -2.31. The monoisotopic (exact) mass is 365 g/mol. The van der Waals surface area contributed by atoms with Gasteiger partial charge in [-0.3, -0.25) is 14.5 Å². The summed E-state index contributed by atoms with van der Waals surface area (Å²) in [5.41, 5.74) is 2.12. The van der Waals surface area contributed by atoms with Crippen LogP contribution in [0.4, 0.5) is 0 Å². The molecule has 2 aromatic carbocycles. The normalized spacial score (nSPS) is 18.0. The molecule has 3 rings (SSSR count). The van der Waals surface area contributed by atoms with Crippen LogP contribution in [-0.4, -0.2) is 42.9 Å². The number of carbonyl (C=O) groups is 2. The summed E-state index contributed by atoms with van der Waals surface area (Å²) in [6.45, 7) is 1.34. The van der Waals surface area contributed by atoms with Crippen molar-refractivity contribution in [2.24, 2.45) is 0 Å². The molecule has 2 atom stereocenters. The first-order valence-electron chi connectivity index (χ1n) is 9.54. The van der Waals surface area contributed by atoms with E-state index in [1.807, 2.05) is 53.4 Å². The molecule has 5 heteroatoms. The van der Waals surface area contributed by atoms with Crippen molar-refractivity contribution in [2.75, 3.05) is 20.1 Å². The summed E-state index contributed by atoms with van der Waals surface area (Å²) < 4.78 is 0. The lowest BCUT2D eigenvalue weighted by atomic mass is 10.0. The average Bonchev–Trinajstić information content (AvgIpc) is 3.19. The number of likely N-dealkylation sites (N-methyl/N-ethyl adjacent to an activating group) is 1. The zero-order valence-electron chi connectivity index (χ0n) is 15.7.